The monoisotopic (exact) mass is 458 g/mol. The lowest BCUT2D eigenvalue weighted by Crippen LogP contribution is -2.64. The quantitative estimate of drug-likeness (QED) is 0.651. The van der Waals surface area contributed by atoms with Gasteiger partial charge in [0.15, 0.2) is 0 Å². The Kier molecular flexibility index (Phi) is 8.08. The summed E-state index contributed by atoms with van der Waals surface area (Å²) in [5.74, 6) is -2.15. The van der Waals surface area contributed by atoms with Crippen molar-refractivity contribution in [3.05, 3.63) is 22.4 Å². The highest BCUT2D eigenvalue weighted by Crippen LogP contribution is 2.42. The van der Waals surface area contributed by atoms with E-state index in [0.29, 0.717) is 12.5 Å². The third kappa shape index (κ3) is 6.92. The molecule has 1 atom stereocenters. The SMILES string of the molecule is CCS(=O)(=O)NCCC1CCOC12CN(Cc1cccs1)C2.O=C(O)C(F)(F)F. The maximum Gasteiger partial charge on any atom is 0.490 e. The second kappa shape index (κ2) is 9.73. The van der Waals surface area contributed by atoms with Gasteiger partial charge in [0.1, 0.15) is 0 Å². The molecule has 0 amide bonds. The van der Waals surface area contributed by atoms with Crippen molar-refractivity contribution >= 4 is 27.3 Å². The van der Waals surface area contributed by atoms with Crippen molar-refractivity contribution in [2.24, 2.45) is 5.92 Å². The molecule has 0 aliphatic carbocycles. The van der Waals surface area contributed by atoms with Gasteiger partial charge in [-0.05, 0) is 37.1 Å². The predicted molar refractivity (Wildman–Crippen MR) is 102 cm³/mol. The molecular formula is C17H25F3N2O5S2. The number of aliphatic carboxylic acids is 1. The Bertz CT molecular complexity index is 763. The zero-order valence-corrected chi connectivity index (χ0v) is 17.6. The average Bonchev–Trinajstić information content (AvgIpc) is 3.24. The van der Waals surface area contributed by atoms with Crippen molar-refractivity contribution in [2.45, 2.75) is 38.1 Å². The van der Waals surface area contributed by atoms with E-state index in [1.54, 1.807) is 18.3 Å². The second-order valence-corrected chi connectivity index (χ2v) is 10.1. The van der Waals surface area contributed by atoms with Gasteiger partial charge in [0, 0.05) is 37.7 Å². The minimum atomic E-state index is -5.08. The van der Waals surface area contributed by atoms with Gasteiger partial charge in [0.05, 0.1) is 11.4 Å². The molecule has 0 saturated carbocycles. The summed E-state index contributed by atoms with van der Waals surface area (Å²) in [6.07, 6.45) is -3.17. The fourth-order valence-corrected chi connectivity index (χ4v) is 4.86. The van der Waals surface area contributed by atoms with Gasteiger partial charge in [-0.2, -0.15) is 13.2 Å². The molecule has 0 bridgehead atoms. The highest BCUT2D eigenvalue weighted by Gasteiger charge is 2.52. The van der Waals surface area contributed by atoms with Crippen LogP contribution >= 0.6 is 11.3 Å². The first kappa shape index (κ1) is 24.1. The predicted octanol–water partition coefficient (Wildman–Crippen LogP) is 2.30. The van der Waals surface area contributed by atoms with Crippen LogP contribution < -0.4 is 4.72 Å². The second-order valence-electron chi connectivity index (χ2n) is 7.01. The molecule has 1 unspecified atom stereocenters. The number of halogens is 3. The van der Waals surface area contributed by atoms with E-state index in [9.17, 15) is 21.6 Å². The fourth-order valence-electron chi connectivity index (χ4n) is 3.48. The molecule has 166 valence electrons. The van der Waals surface area contributed by atoms with Crippen LogP contribution in [0.3, 0.4) is 0 Å². The summed E-state index contributed by atoms with van der Waals surface area (Å²) in [4.78, 5) is 12.7. The molecule has 29 heavy (non-hydrogen) atoms. The van der Waals surface area contributed by atoms with Crippen LogP contribution in [0.15, 0.2) is 17.5 Å². The molecule has 12 heteroatoms. The van der Waals surface area contributed by atoms with Crippen molar-refractivity contribution in [3.8, 4) is 0 Å². The third-order valence-corrected chi connectivity index (χ3v) is 7.24. The van der Waals surface area contributed by atoms with Crippen molar-refractivity contribution in [2.75, 3.05) is 32.0 Å². The summed E-state index contributed by atoms with van der Waals surface area (Å²) in [5.41, 5.74) is -0.0328. The zero-order chi connectivity index (χ0) is 21.7. The van der Waals surface area contributed by atoms with Crippen LogP contribution in [-0.4, -0.2) is 68.2 Å². The van der Waals surface area contributed by atoms with Gasteiger partial charge in [-0.15, -0.1) is 11.3 Å². The van der Waals surface area contributed by atoms with Gasteiger partial charge in [-0.25, -0.2) is 17.9 Å². The summed E-state index contributed by atoms with van der Waals surface area (Å²) in [7, 11) is -3.08. The Balaban J connectivity index is 0.000000370. The normalized spacial score (nSPS) is 21.4. The number of hydrogen-bond donors (Lipinski definition) is 2. The van der Waals surface area contributed by atoms with Gasteiger partial charge in [-0.3, -0.25) is 4.90 Å². The molecule has 2 saturated heterocycles. The van der Waals surface area contributed by atoms with Crippen LogP contribution in [0.25, 0.3) is 0 Å². The first-order valence-electron chi connectivity index (χ1n) is 9.13. The minimum Gasteiger partial charge on any atom is -0.475 e. The van der Waals surface area contributed by atoms with Crippen molar-refractivity contribution in [1.82, 2.24) is 9.62 Å². The number of carbonyl (C=O) groups is 1. The van der Waals surface area contributed by atoms with Gasteiger partial charge in [-0.1, -0.05) is 6.07 Å². The van der Waals surface area contributed by atoms with Gasteiger partial charge >= 0.3 is 12.1 Å². The van der Waals surface area contributed by atoms with Gasteiger partial charge < -0.3 is 9.84 Å². The summed E-state index contributed by atoms with van der Waals surface area (Å²) in [6.45, 7) is 5.93. The number of alkyl halides is 3. The summed E-state index contributed by atoms with van der Waals surface area (Å²) < 4.78 is 63.4. The van der Waals surface area contributed by atoms with Gasteiger partial charge in [0.25, 0.3) is 0 Å². The van der Waals surface area contributed by atoms with E-state index in [1.165, 1.54) is 4.88 Å². The Labute approximate surface area is 171 Å². The molecule has 2 N–H and O–H groups in total. The molecular weight excluding hydrogens is 433 g/mol. The van der Waals surface area contributed by atoms with Crippen molar-refractivity contribution in [1.29, 1.82) is 0 Å². The molecule has 1 aromatic heterocycles. The molecule has 0 aromatic carbocycles. The maximum absolute atomic E-state index is 11.5. The molecule has 2 aliphatic heterocycles. The van der Waals surface area contributed by atoms with E-state index >= 15 is 0 Å². The molecule has 0 radical (unpaired) electrons. The average molecular weight is 459 g/mol. The van der Waals surface area contributed by atoms with Gasteiger partial charge in [0.2, 0.25) is 10.0 Å². The summed E-state index contributed by atoms with van der Waals surface area (Å²) >= 11 is 1.79. The van der Waals surface area contributed by atoms with Crippen LogP contribution in [0.5, 0.6) is 0 Å². The number of thiophene rings is 1. The maximum atomic E-state index is 11.5. The Hall–Kier alpha value is -1.21. The first-order chi connectivity index (χ1) is 13.5. The molecule has 2 fully saturated rings. The number of likely N-dealkylation sites (tertiary alicyclic amines) is 1. The minimum absolute atomic E-state index is 0.0328. The summed E-state index contributed by atoms with van der Waals surface area (Å²) in [5, 5.41) is 9.24. The highest BCUT2D eigenvalue weighted by molar-refractivity contribution is 7.89. The van der Waals surface area contributed by atoms with E-state index in [1.807, 2.05) is 0 Å². The molecule has 3 rings (SSSR count). The largest absolute Gasteiger partial charge is 0.490 e. The number of rotatable bonds is 7. The zero-order valence-electron chi connectivity index (χ0n) is 15.9. The Morgan fingerprint density at radius 3 is 2.62 bits per heavy atom. The Morgan fingerprint density at radius 2 is 2.10 bits per heavy atom. The third-order valence-electron chi connectivity index (χ3n) is 4.98. The smallest absolute Gasteiger partial charge is 0.475 e. The molecule has 7 nitrogen and oxygen atoms in total. The number of nitrogens with one attached hydrogen (secondary N) is 1. The van der Waals surface area contributed by atoms with E-state index in [2.05, 4.69) is 27.1 Å². The van der Waals surface area contributed by atoms with E-state index < -0.39 is 22.2 Å². The van der Waals surface area contributed by atoms with Crippen molar-refractivity contribution in [3.63, 3.8) is 0 Å². The molecule has 2 aliphatic rings. The first-order valence-corrected chi connectivity index (χ1v) is 11.7. The highest BCUT2D eigenvalue weighted by atomic mass is 32.2. The van der Waals surface area contributed by atoms with Crippen LogP contribution in [0.1, 0.15) is 24.6 Å². The molecule has 1 aromatic rings. The van der Waals surface area contributed by atoms with Crippen molar-refractivity contribution < 1.29 is 36.2 Å². The number of carboxylic acid groups (broad SMARTS) is 1. The lowest BCUT2D eigenvalue weighted by molar-refractivity contribution is -0.192. The molecule has 3 heterocycles. The van der Waals surface area contributed by atoms with Crippen LogP contribution in [0.2, 0.25) is 0 Å². The van der Waals surface area contributed by atoms with Crippen LogP contribution in [-0.2, 0) is 26.1 Å². The van der Waals surface area contributed by atoms with E-state index in [0.717, 1.165) is 39.1 Å². The van der Waals surface area contributed by atoms with E-state index in [-0.39, 0.29) is 11.4 Å². The summed E-state index contributed by atoms with van der Waals surface area (Å²) in [6, 6.07) is 4.26. The van der Waals surface area contributed by atoms with Crippen LogP contribution in [0.4, 0.5) is 13.2 Å². The lowest BCUT2D eigenvalue weighted by Gasteiger charge is -2.50. The topological polar surface area (TPSA) is 95.9 Å². The molecule has 1 spiro atoms. The van der Waals surface area contributed by atoms with Crippen LogP contribution in [0, 0.1) is 5.92 Å². The number of carboxylic acids is 1. The lowest BCUT2D eigenvalue weighted by atomic mass is 9.79. The number of nitrogens with zero attached hydrogens (tertiary/aromatic N) is 1. The Morgan fingerprint density at radius 1 is 1.45 bits per heavy atom. The standard InChI is InChI=1S/C15H24N2O3S2.C2HF3O2/c1-2-22(18,19)16-7-5-13-6-8-20-15(13)11-17(12-15)10-14-4-3-9-21-14;3-2(4,5)1(6)7/h3-4,9,13,16H,2,5-8,10-12H2,1H3;(H,6,7). The number of hydrogen-bond acceptors (Lipinski definition) is 6. The number of sulfonamides is 1. The van der Waals surface area contributed by atoms with E-state index in [4.69, 9.17) is 14.6 Å². The fraction of sp³-hybridized carbons (Fsp3) is 0.706. The number of ether oxygens (including phenoxy) is 1.